The molecule has 4 nitrogen and oxygen atoms in total. The smallest absolute Gasteiger partial charge is 0.195 e. The van der Waals surface area contributed by atoms with E-state index in [0.29, 0.717) is 43.9 Å². The number of alkyl halides is 1. The van der Waals surface area contributed by atoms with Crippen LogP contribution in [0.15, 0.2) is 0 Å². The normalized spacial score (nSPS) is 25.1. The van der Waals surface area contributed by atoms with Gasteiger partial charge in [-0.15, -0.1) is 11.6 Å². The van der Waals surface area contributed by atoms with Crippen LogP contribution in [0.1, 0.15) is 45.4 Å². The monoisotopic (exact) mass is 322 g/mol. The molecule has 0 spiro atoms. The molecule has 0 aromatic carbocycles. The highest BCUT2D eigenvalue weighted by atomic mass is 35.5. The molecule has 0 aromatic heterocycles. The average molecular weight is 323 g/mol. The molecule has 0 bridgehead atoms. The van der Waals surface area contributed by atoms with Crippen LogP contribution in [0.4, 0.5) is 0 Å². The van der Waals surface area contributed by atoms with Gasteiger partial charge in [0.05, 0.1) is 0 Å². The van der Waals surface area contributed by atoms with Crippen molar-refractivity contribution in [3.8, 4) is 0 Å². The van der Waals surface area contributed by atoms with Gasteiger partial charge >= 0.3 is 0 Å². The molecule has 0 unspecified atom stereocenters. The van der Waals surface area contributed by atoms with Gasteiger partial charge in [-0.3, -0.25) is 0 Å². The highest BCUT2D eigenvalue weighted by Crippen LogP contribution is 2.27. The maximum absolute atomic E-state index is 12.6. The lowest BCUT2D eigenvalue weighted by Gasteiger charge is -2.37. The van der Waals surface area contributed by atoms with Crippen LogP contribution in [0.3, 0.4) is 0 Å². The lowest BCUT2D eigenvalue weighted by atomic mass is 9.94. The lowest BCUT2D eigenvalue weighted by molar-refractivity contribution is 0.227. The molecular weight excluding hydrogens is 296 g/mol. The maximum Gasteiger partial charge on any atom is 0.281 e. The summed E-state index contributed by atoms with van der Waals surface area (Å²) in [6, 6.07) is 0. The van der Waals surface area contributed by atoms with Crippen LogP contribution >= 0.6 is 11.6 Å². The molecule has 6 heteroatoms. The summed E-state index contributed by atoms with van der Waals surface area (Å²) < 4.78 is 28.6. The number of piperidine rings is 2. The first-order chi connectivity index (χ1) is 9.57. The topological polar surface area (TPSA) is 40.6 Å². The third-order valence-electron chi connectivity index (χ3n) is 4.71. The molecule has 118 valence electrons. The van der Waals surface area contributed by atoms with Crippen molar-refractivity contribution in [3.05, 3.63) is 0 Å². The van der Waals surface area contributed by atoms with Crippen LogP contribution in [0, 0.1) is 11.8 Å². The fraction of sp³-hybridized carbons (Fsp3) is 1.00. The van der Waals surface area contributed by atoms with Crippen molar-refractivity contribution in [2.75, 3.05) is 32.1 Å². The quantitative estimate of drug-likeness (QED) is 0.730. The molecule has 0 radical (unpaired) electrons. The molecule has 2 aliphatic rings. The predicted molar refractivity (Wildman–Crippen MR) is 83.1 cm³/mol. The van der Waals surface area contributed by atoms with E-state index in [1.54, 1.807) is 8.61 Å². The number of hydrogen-bond acceptors (Lipinski definition) is 2. The highest BCUT2D eigenvalue weighted by molar-refractivity contribution is 7.86. The molecule has 0 aromatic rings. The van der Waals surface area contributed by atoms with Crippen molar-refractivity contribution in [1.29, 1.82) is 0 Å². The first-order valence-corrected chi connectivity index (χ1v) is 9.82. The van der Waals surface area contributed by atoms with Gasteiger partial charge in [0.1, 0.15) is 0 Å². The van der Waals surface area contributed by atoms with E-state index in [4.69, 9.17) is 11.6 Å². The molecule has 2 saturated heterocycles. The number of halogens is 1. The molecule has 2 rings (SSSR count). The number of hydrogen-bond donors (Lipinski definition) is 0. The molecule has 0 N–H and O–H groups in total. The standard InChI is InChI=1S/C14H27ClN2O2S/c1-2-3-13-4-8-16(9-5-13)20(18,19)17-10-6-14(12-15)7-11-17/h13-14H,2-12H2,1H3. The second-order valence-electron chi connectivity index (χ2n) is 6.14. The largest absolute Gasteiger partial charge is 0.281 e. The van der Waals surface area contributed by atoms with Crippen molar-refractivity contribution in [1.82, 2.24) is 8.61 Å². The van der Waals surface area contributed by atoms with Gasteiger partial charge in [-0.2, -0.15) is 17.0 Å². The van der Waals surface area contributed by atoms with Gasteiger partial charge in [0, 0.05) is 32.1 Å². The van der Waals surface area contributed by atoms with E-state index < -0.39 is 10.2 Å². The Morgan fingerprint density at radius 1 is 0.950 bits per heavy atom. The SMILES string of the molecule is CCCC1CCN(S(=O)(=O)N2CCC(CCl)CC2)CC1. The Hall–Kier alpha value is 0.160. The molecule has 0 aliphatic carbocycles. The van der Waals surface area contributed by atoms with E-state index in [-0.39, 0.29) is 0 Å². The summed E-state index contributed by atoms with van der Waals surface area (Å²) in [5.74, 6) is 1.85. The predicted octanol–water partition coefficient (Wildman–Crippen LogP) is 2.69. The second kappa shape index (κ2) is 7.43. The van der Waals surface area contributed by atoms with Crippen molar-refractivity contribution in [3.63, 3.8) is 0 Å². The molecule has 0 saturated carbocycles. The summed E-state index contributed by atoms with van der Waals surface area (Å²) in [6.45, 7) is 4.86. The van der Waals surface area contributed by atoms with Crippen LogP contribution in [0.25, 0.3) is 0 Å². The second-order valence-corrected chi connectivity index (χ2v) is 8.37. The third kappa shape index (κ3) is 3.87. The lowest BCUT2D eigenvalue weighted by Crippen LogP contribution is -2.49. The molecule has 2 heterocycles. The minimum Gasteiger partial charge on any atom is -0.195 e. The minimum absolute atomic E-state index is 0.485. The Morgan fingerprint density at radius 3 is 1.80 bits per heavy atom. The van der Waals surface area contributed by atoms with Crippen molar-refractivity contribution in [2.45, 2.75) is 45.4 Å². The van der Waals surface area contributed by atoms with E-state index in [0.717, 1.165) is 25.7 Å². The van der Waals surface area contributed by atoms with Gasteiger partial charge < -0.3 is 0 Å². The van der Waals surface area contributed by atoms with E-state index in [1.165, 1.54) is 12.8 Å². The molecule has 0 amide bonds. The average Bonchev–Trinajstić information content (AvgIpc) is 2.48. The van der Waals surface area contributed by atoms with Crippen LogP contribution in [-0.4, -0.2) is 49.1 Å². The zero-order valence-electron chi connectivity index (χ0n) is 12.4. The van der Waals surface area contributed by atoms with Crippen LogP contribution in [0.5, 0.6) is 0 Å². The summed E-state index contributed by atoms with van der Waals surface area (Å²) in [4.78, 5) is 0. The Morgan fingerprint density at radius 2 is 1.40 bits per heavy atom. The van der Waals surface area contributed by atoms with Crippen molar-refractivity contribution < 1.29 is 8.42 Å². The van der Waals surface area contributed by atoms with Gasteiger partial charge in [0.15, 0.2) is 0 Å². The summed E-state index contributed by atoms with van der Waals surface area (Å²) in [5.41, 5.74) is 0. The Labute approximate surface area is 128 Å². The molecular formula is C14H27ClN2O2S. The fourth-order valence-electron chi connectivity index (χ4n) is 3.29. The summed E-state index contributed by atoms with van der Waals surface area (Å²) in [7, 11) is -3.23. The number of rotatable bonds is 5. The van der Waals surface area contributed by atoms with Gasteiger partial charge in [0.25, 0.3) is 10.2 Å². The molecule has 20 heavy (non-hydrogen) atoms. The summed E-state index contributed by atoms with van der Waals surface area (Å²) >= 11 is 5.86. The van der Waals surface area contributed by atoms with E-state index in [2.05, 4.69) is 6.92 Å². The van der Waals surface area contributed by atoms with Crippen LogP contribution in [0.2, 0.25) is 0 Å². The van der Waals surface area contributed by atoms with Gasteiger partial charge in [0.2, 0.25) is 0 Å². The minimum atomic E-state index is -3.23. The maximum atomic E-state index is 12.6. The molecule has 2 aliphatic heterocycles. The molecule has 0 atom stereocenters. The van der Waals surface area contributed by atoms with Gasteiger partial charge in [-0.1, -0.05) is 19.8 Å². The first-order valence-electron chi connectivity index (χ1n) is 7.89. The first kappa shape index (κ1) is 16.5. The zero-order chi connectivity index (χ0) is 14.6. The summed E-state index contributed by atoms with van der Waals surface area (Å²) in [5, 5.41) is 0. The molecule has 2 fully saturated rings. The van der Waals surface area contributed by atoms with Crippen LogP contribution in [-0.2, 0) is 10.2 Å². The third-order valence-corrected chi connectivity index (χ3v) is 7.19. The van der Waals surface area contributed by atoms with Gasteiger partial charge in [-0.05, 0) is 37.5 Å². The van der Waals surface area contributed by atoms with E-state index in [1.807, 2.05) is 0 Å². The van der Waals surface area contributed by atoms with E-state index in [9.17, 15) is 8.42 Å². The Kier molecular flexibility index (Phi) is 6.14. The van der Waals surface area contributed by atoms with Crippen molar-refractivity contribution >= 4 is 21.8 Å². The van der Waals surface area contributed by atoms with Crippen molar-refractivity contribution in [2.24, 2.45) is 11.8 Å². The summed E-state index contributed by atoms with van der Waals surface area (Å²) in [6.07, 6.45) is 6.26. The Bertz CT molecular complexity index is 386. The van der Waals surface area contributed by atoms with Gasteiger partial charge in [-0.25, -0.2) is 0 Å². The zero-order valence-corrected chi connectivity index (χ0v) is 14.0. The fourth-order valence-corrected chi connectivity index (χ4v) is 5.27. The number of nitrogens with zero attached hydrogens (tertiary/aromatic N) is 2. The highest BCUT2D eigenvalue weighted by Gasteiger charge is 2.34. The Balaban J connectivity index is 1.88. The van der Waals surface area contributed by atoms with E-state index >= 15 is 0 Å². The van der Waals surface area contributed by atoms with Crippen LogP contribution < -0.4 is 0 Å².